The van der Waals surface area contributed by atoms with Crippen molar-refractivity contribution >= 4 is 46.5 Å². The van der Waals surface area contributed by atoms with Gasteiger partial charge in [-0.25, -0.2) is 4.79 Å². The van der Waals surface area contributed by atoms with E-state index in [0.717, 1.165) is 16.5 Å². The number of carboxylic acids is 2. The third-order valence-electron chi connectivity index (χ3n) is 6.94. The van der Waals surface area contributed by atoms with Gasteiger partial charge < -0.3 is 48.3 Å². The first-order valence-corrected chi connectivity index (χ1v) is 14.2. The molecule has 12 N–H and O–H groups in total. The van der Waals surface area contributed by atoms with E-state index in [1.54, 1.807) is 36.5 Å². The molecule has 45 heavy (non-hydrogen) atoms. The number of aliphatic imine (C=N–C) groups is 1. The predicted octanol–water partition coefficient (Wildman–Crippen LogP) is -0.652. The van der Waals surface area contributed by atoms with Gasteiger partial charge in [0.2, 0.25) is 17.7 Å². The van der Waals surface area contributed by atoms with Gasteiger partial charge in [-0.3, -0.25) is 24.2 Å². The number of hydrogen-bond donors (Lipinski definition) is 9. The zero-order valence-corrected chi connectivity index (χ0v) is 24.4. The van der Waals surface area contributed by atoms with Crippen molar-refractivity contribution in [3.63, 3.8) is 0 Å². The average molecular weight is 623 g/mol. The van der Waals surface area contributed by atoms with Gasteiger partial charge in [-0.15, -0.1) is 0 Å². The van der Waals surface area contributed by atoms with Gasteiger partial charge in [-0.1, -0.05) is 48.5 Å². The fraction of sp³-hybridized carbons (Fsp3) is 0.333. The maximum Gasteiger partial charge on any atom is 0.326 e. The fourth-order valence-corrected chi connectivity index (χ4v) is 4.66. The van der Waals surface area contributed by atoms with Crippen molar-refractivity contribution in [2.75, 3.05) is 6.54 Å². The van der Waals surface area contributed by atoms with Crippen molar-refractivity contribution in [3.05, 3.63) is 71.9 Å². The number of para-hydroxylation sites is 1. The molecule has 3 rings (SSSR count). The molecule has 1 aromatic heterocycles. The maximum absolute atomic E-state index is 13.5. The molecule has 2 aromatic carbocycles. The molecule has 0 radical (unpaired) electrons. The van der Waals surface area contributed by atoms with E-state index in [-0.39, 0.29) is 38.2 Å². The Morgan fingerprint density at radius 1 is 0.800 bits per heavy atom. The lowest BCUT2D eigenvalue weighted by molar-refractivity contribution is -0.143. The van der Waals surface area contributed by atoms with Crippen molar-refractivity contribution in [2.24, 2.45) is 22.2 Å². The molecule has 15 nitrogen and oxygen atoms in total. The number of aromatic nitrogens is 1. The molecule has 4 unspecified atom stereocenters. The number of H-pyrrole nitrogens is 1. The summed E-state index contributed by atoms with van der Waals surface area (Å²) < 4.78 is 0. The van der Waals surface area contributed by atoms with Crippen LogP contribution in [0.3, 0.4) is 0 Å². The number of carboxylic acid groups (broad SMARTS) is 2. The van der Waals surface area contributed by atoms with Crippen LogP contribution < -0.4 is 33.2 Å². The van der Waals surface area contributed by atoms with Crippen molar-refractivity contribution in [1.29, 1.82) is 0 Å². The molecule has 0 fully saturated rings. The van der Waals surface area contributed by atoms with Crippen LogP contribution in [0.1, 0.15) is 30.4 Å². The molecule has 4 atom stereocenters. The second kappa shape index (κ2) is 16.4. The van der Waals surface area contributed by atoms with E-state index < -0.39 is 60.2 Å². The Balaban J connectivity index is 1.74. The van der Waals surface area contributed by atoms with E-state index in [2.05, 4.69) is 25.9 Å². The summed E-state index contributed by atoms with van der Waals surface area (Å²) in [6, 6.07) is 10.9. The van der Waals surface area contributed by atoms with Gasteiger partial charge in [0.05, 0.1) is 12.5 Å². The number of fused-ring (bicyclic) bond motifs is 1. The Morgan fingerprint density at radius 3 is 2.09 bits per heavy atom. The van der Waals surface area contributed by atoms with Gasteiger partial charge in [-0.05, 0) is 36.5 Å². The molecule has 0 saturated carbocycles. The van der Waals surface area contributed by atoms with Crippen molar-refractivity contribution in [2.45, 2.75) is 56.3 Å². The third-order valence-corrected chi connectivity index (χ3v) is 6.94. The molecule has 15 heteroatoms. The summed E-state index contributed by atoms with van der Waals surface area (Å²) >= 11 is 0. The number of hydrogen-bond acceptors (Lipinski definition) is 7. The molecule has 240 valence electrons. The number of amides is 3. The van der Waals surface area contributed by atoms with E-state index in [1.165, 1.54) is 0 Å². The minimum absolute atomic E-state index is 0.00215. The van der Waals surface area contributed by atoms with E-state index in [4.69, 9.17) is 17.2 Å². The van der Waals surface area contributed by atoms with E-state index in [1.807, 2.05) is 24.3 Å². The van der Waals surface area contributed by atoms with Crippen LogP contribution in [-0.2, 0) is 36.8 Å². The van der Waals surface area contributed by atoms with E-state index in [9.17, 15) is 34.2 Å². The summed E-state index contributed by atoms with van der Waals surface area (Å²) in [5, 5.41) is 27.2. The van der Waals surface area contributed by atoms with Crippen LogP contribution in [0.4, 0.5) is 0 Å². The molecule has 1 heterocycles. The SMILES string of the molecule is NC(N)=NCCCC(NC(=O)C(CC(=O)O)NC(=O)C(Cc1ccccc1)NC(=O)C(N)Cc1c[nH]c2ccccc12)C(=O)O. The first-order chi connectivity index (χ1) is 21.4. The number of nitrogens with zero attached hydrogens (tertiary/aromatic N) is 1. The highest BCUT2D eigenvalue weighted by Crippen LogP contribution is 2.19. The van der Waals surface area contributed by atoms with Crippen molar-refractivity contribution in [1.82, 2.24) is 20.9 Å². The third kappa shape index (κ3) is 10.7. The molecule has 0 bridgehead atoms. The molecule has 0 aliphatic heterocycles. The Kier molecular flexibility index (Phi) is 12.4. The van der Waals surface area contributed by atoms with Crippen LogP contribution in [0, 0.1) is 0 Å². The summed E-state index contributed by atoms with van der Waals surface area (Å²) in [6.07, 6.45) is 1.22. The zero-order valence-electron chi connectivity index (χ0n) is 24.4. The lowest BCUT2D eigenvalue weighted by Crippen LogP contribution is -2.58. The number of nitrogens with two attached hydrogens (primary N) is 3. The average Bonchev–Trinajstić information content (AvgIpc) is 3.40. The second-order valence-electron chi connectivity index (χ2n) is 10.4. The van der Waals surface area contributed by atoms with Gasteiger partial charge in [0, 0.05) is 30.1 Å². The van der Waals surface area contributed by atoms with Gasteiger partial charge in [-0.2, -0.15) is 0 Å². The molecule has 3 aromatic rings. The van der Waals surface area contributed by atoms with E-state index in [0.29, 0.717) is 5.56 Å². The molecule has 3 amide bonds. The van der Waals surface area contributed by atoms with Gasteiger partial charge >= 0.3 is 11.9 Å². The monoisotopic (exact) mass is 622 g/mol. The molecule has 0 saturated heterocycles. The van der Waals surface area contributed by atoms with Crippen LogP contribution in [0.25, 0.3) is 10.9 Å². The zero-order chi connectivity index (χ0) is 32.9. The van der Waals surface area contributed by atoms with Crippen LogP contribution in [-0.4, -0.2) is 81.5 Å². The second-order valence-corrected chi connectivity index (χ2v) is 10.4. The highest BCUT2D eigenvalue weighted by molar-refractivity contribution is 5.96. The molecular formula is C30H38N8O7. The Bertz CT molecular complexity index is 1520. The summed E-state index contributed by atoms with van der Waals surface area (Å²) in [4.78, 5) is 69.9. The highest BCUT2D eigenvalue weighted by atomic mass is 16.4. The van der Waals surface area contributed by atoms with Gasteiger partial charge in [0.25, 0.3) is 0 Å². The number of benzene rings is 2. The standard InChI is InChI=1S/C30H38N8O7/c31-20(14-18-16-35-21-10-5-4-9-19(18)21)26(41)37-23(13-17-7-2-1-3-8-17)27(42)38-24(15-25(39)40)28(43)36-22(29(44)45)11-6-12-34-30(32)33/h1-5,7-10,16,20,22-24,35H,6,11-15,31H2,(H,36,43)(H,37,41)(H,38,42)(H,39,40)(H,44,45)(H4,32,33,34). The first-order valence-electron chi connectivity index (χ1n) is 14.2. The van der Waals surface area contributed by atoms with Crippen molar-refractivity contribution in [3.8, 4) is 0 Å². The summed E-state index contributed by atoms with van der Waals surface area (Å²) in [6.45, 7) is 0.112. The van der Waals surface area contributed by atoms with Gasteiger partial charge in [0.15, 0.2) is 5.96 Å². The minimum Gasteiger partial charge on any atom is -0.481 e. The van der Waals surface area contributed by atoms with Crippen molar-refractivity contribution < 1.29 is 34.2 Å². The number of carbonyl (C=O) groups excluding carboxylic acids is 3. The predicted molar refractivity (Wildman–Crippen MR) is 166 cm³/mol. The fourth-order valence-electron chi connectivity index (χ4n) is 4.66. The topological polar surface area (TPSA) is 268 Å². The lowest BCUT2D eigenvalue weighted by Gasteiger charge is -2.25. The highest BCUT2D eigenvalue weighted by Gasteiger charge is 2.32. The van der Waals surface area contributed by atoms with Crippen LogP contribution in [0.2, 0.25) is 0 Å². The number of nitrogens with one attached hydrogen (secondary N) is 4. The normalized spacial score (nSPS) is 13.5. The molecule has 0 spiro atoms. The lowest BCUT2D eigenvalue weighted by atomic mass is 10.0. The largest absolute Gasteiger partial charge is 0.481 e. The smallest absolute Gasteiger partial charge is 0.326 e. The summed E-state index contributed by atoms with van der Waals surface area (Å²) in [7, 11) is 0. The number of carbonyl (C=O) groups is 5. The Hall–Kier alpha value is -5.44. The molecular weight excluding hydrogens is 584 g/mol. The molecule has 0 aliphatic carbocycles. The van der Waals surface area contributed by atoms with Crippen LogP contribution >= 0.6 is 0 Å². The Labute approximate surface area is 258 Å². The summed E-state index contributed by atoms with van der Waals surface area (Å²) in [5.74, 6) is -5.48. The van der Waals surface area contributed by atoms with Gasteiger partial charge in [0.1, 0.15) is 18.1 Å². The number of rotatable bonds is 17. The molecule has 0 aliphatic rings. The quantitative estimate of drug-likeness (QED) is 0.0521. The van der Waals surface area contributed by atoms with Crippen LogP contribution in [0.5, 0.6) is 0 Å². The number of aromatic amines is 1. The van der Waals surface area contributed by atoms with E-state index >= 15 is 0 Å². The Morgan fingerprint density at radius 2 is 1.42 bits per heavy atom. The first kappa shape index (κ1) is 34.1. The summed E-state index contributed by atoms with van der Waals surface area (Å²) in [5.41, 5.74) is 19.1. The number of guanidine groups is 1. The van der Waals surface area contributed by atoms with Crippen LogP contribution in [0.15, 0.2) is 65.8 Å². The maximum atomic E-state index is 13.5. The minimum atomic E-state index is -1.65. The number of aliphatic carboxylic acids is 2.